The Bertz CT molecular complexity index is 1190. The van der Waals surface area contributed by atoms with E-state index in [1.165, 1.54) is 19.3 Å². The number of rotatable bonds is 5. The van der Waals surface area contributed by atoms with Crippen molar-refractivity contribution in [1.29, 1.82) is 0 Å². The van der Waals surface area contributed by atoms with Crippen LogP contribution < -0.4 is 16.4 Å². The first-order valence-electron chi connectivity index (χ1n) is 14.2. The number of nitrogens with one attached hydrogen (secondary N) is 2. The summed E-state index contributed by atoms with van der Waals surface area (Å²) in [5.74, 6) is -1.07. The zero-order valence-electron chi connectivity index (χ0n) is 24.6. The van der Waals surface area contributed by atoms with Crippen LogP contribution in [-0.2, 0) is 23.9 Å². The van der Waals surface area contributed by atoms with Crippen molar-refractivity contribution in [3.8, 4) is 0 Å². The van der Waals surface area contributed by atoms with Crippen molar-refractivity contribution in [2.45, 2.75) is 78.1 Å². The Kier molecular flexibility index (Phi) is 11.3. The third-order valence-electron chi connectivity index (χ3n) is 7.76. The highest BCUT2D eigenvalue weighted by Gasteiger charge is 2.32. The molecule has 0 aromatic heterocycles. The summed E-state index contributed by atoms with van der Waals surface area (Å²) in [5.41, 5.74) is 6.85. The topological polar surface area (TPSA) is 157 Å². The van der Waals surface area contributed by atoms with Crippen molar-refractivity contribution in [3.63, 3.8) is 0 Å². The van der Waals surface area contributed by atoms with Gasteiger partial charge in [-0.25, -0.2) is 4.79 Å². The fourth-order valence-electron chi connectivity index (χ4n) is 4.99. The lowest BCUT2D eigenvalue weighted by atomic mass is 9.86. The smallest absolute Gasteiger partial charge is 0.405 e. The number of fused-ring (bicyclic) bond motifs is 2. The van der Waals surface area contributed by atoms with Crippen LogP contribution in [0.2, 0.25) is 0 Å². The van der Waals surface area contributed by atoms with Crippen LogP contribution in [0, 0.1) is 17.8 Å². The van der Waals surface area contributed by atoms with Crippen molar-refractivity contribution in [1.82, 2.24) is 10.6 Å². The molecule has 5 atom stereocenters. The number of Topliss-reactive ketones (excluding diaryl/α,β-unsaturated/α-hetero) is 1. The van der Waals surface area contributed by atoms with Crippen molar-refractivity contribution in [2.24, 2.45) is 23.5 Å². The molecule has 2 bridgehead atoms. The summed E-state index contributed by atoms with van der Waals surface area (Å²) >= 11 is 0. The van der Waals surface area contributed by atoms with Gasteiger partial charge in [0.15, 0.2) is 6.10 Å². The number of methoxy groups -OCH3 is 1. The minimum Gasteiger partial charge on any atom is -0.439 e. The zero-order valence-corrected chi connectivity index (χ0v) is 24.6. The van der Waals surface area contributed by atoms with Crippen LogP contribution in [-0.4, -0.2) is 60.6 Å². The molecule has 0 aromatic carbocycles. The molecule has 10 nitrogen and oxygen atoms in total. The van der Waals surface area contributed by atoms with Gasteiger partial charge in [-0.1, -0.05) is 38.2 Å². The molecule has 3 rings (SSSR count). The van der Waals surface area contributed by atoms with Gasteiger partial charge in [-0.15, -0.1) is 0 Å². The molecule has 10 heteroatoms. The molecule has 41 heavy (non-hydrogen) atoms. The molecule has 2 amide bonds. The molecule has 0 spiro atoms. The number of ketones is 2. The van der Waals surface area contributed by atoms with E-state index < -0.39 is 30.3 Å². The molecule has 1 aliphatic heterocycles. The van der Waals surface area contributed by atoms with Gasteiger partial charge in [0.1, 0.15) is 6.10 Å². The monoisotopic (exact) mass is 569 g/mol. The molecular formula is C31H43N3O7. The number of aliphatic hydroxyl groups is 1. The number of amides is 2. The standard InChI is InChI=1S/C31H43N3O7/c1-17-9-12-24(35)19(3)14-20(4)29(41-31(32)39)26(40-5)8-6-7-18(2)30(38)34-23-15-25(36)27(22(13-17)28(23)37)33-16-21-10-11-21/h6-8,14-15,17,19,21,24,26,29,33,35H,9-13,16H2,1-5H3,(H2,32,39)(H,34,38)/b8-6-,18-7+,20-14+/t17-,19-,24-,26-,29-/m0/s1. The quantitative estimate of drug-likeness (QED) is 0.291. The molecule has 0 unspecified atom stereocenters. The second-order valence-electron chi connectivity index (χ2n) is 11.4. The Hall–Kier alpha value is -3.50. The summed E-state index contributed by atoms with van der Waals surface area (Å²) in [4.78, 5) is 51.3. The van der Waals surface area contributed by atoms with Crippen molar-refractivity contribution < 1.29 is 33.8 Å². The molecule has 0 saturated heterocycles. The lowest BCUT2D eigenvalue weighted by Gasteiger charge is -2.26. The van der Waals surface area contributed by atoms with Crippen LogP contribution in [0.5, 0.6) is 0 Å². The van der Waals surface area contributed by atoms with Gasteiger partial charge >= 0.3 is 6.09 Å². The minimum atomic E-state index is -0.969. The number of nitrogens with two attached hydrogens (primary N) is 1. The average Bonchev–Trinajstić information content (AvgIpc) is 3.74. The van der Waals surface area contributed by atoms with E-state index in [-0.39, 0.29) is 34.7 Å². The molecule has 0 aromatic rings. The fraction of sp³-hybridized carbons (Fsp3) is 0.548. The van der Waals surface area contributed by atoms with E-state index in [4.69, 9.17) is 15.2 Å². The van der Waals surface area contributed by atoms with Gasteiger partial charge in [-0.3, -0.25) is 14.4 Å². The molecule has 5 N–H and O–H groups in total. The summed E-state index contributed by atoms with van der Waals surface area (Å²) in [7, 11) is 1.45. The number of carbonyl (C=O) groups excluding carboxylic acids is 4. The molecule has 224 valence electrons. The summed E-state index contributed by atoms with van der Waals surface area (Å²) in [6, 6.07) is 0. The summed E-state index contributed by atoms with van der Waals surface area (Å²) in [6.07, 6.45) is 8.03. The Morgan fingerprint density at radius 2 is 1.85 bits per heavy atom. The van der Waals surface area contributed by atoms with Gasteiger partial charge in [0, 0.05) is 36.8 Å². The summed E-state index contributed by atoms with van der Waals surface area (Å²) in [5, 5.41) is 16.7. The number of hydrogen-bond donors (Lipinski definition) is 4. The average molecular weight is 570 g/mol. The molecule has 3 aliphatic rings. The largest absolute Gasteiger partial charge is 0.439 e. The molecule has 0 radical (unpaired) electrons. The van der Waals surface area contributed by atoms with E-state index >= 15 is 0 Å². The summed E-state index contributed by atoms with van der Waals surface area (Å²) in [6.45, 7) is 7.81. The van der Waals surface area contributed by atoms with Crippen LogP contribution in [0.1, 0.15) is 59.8 Å². The minimum absolute atomic E-state index is 0.0295. The van der Waals surface area contributed by atoms with E-state index in [2.05, 4.69) is 10.6 Å². The first-order chi connectivity index (χ1) is 19.4. The fourth-order valence-corrected chi connectivity index (χ4v) is 4.99. The van der Waals surface area contributed by atoms with Gasteiger partial charge in [0.25, 0.3) is 5.91 Å². The maximum Gasteiger partial charge on any atom is 0.405 e. The normalized spacial score (nSPS) is 32.2. The number of primary amides is 1. The number of carbonyl (C=O) groups is 4. The highest BCUT2D eigenvalue weighted by molar-refractivity contribution is 6.23. The molecular weight excluding hydrogens is 526 g/mol. The highest BCUT2D eigenvalue weighted by Crippen LogP contribution is 2.30. The lowest BCUT2D eigenvalue weighted by Crippen LogP contribution is -2.36. The first-order valence-corrected chi connectivity index (χ1v) is 14.2. The zero-order chi connectivity index (χ0) is 30.3. The van der Waals surface area contributed by atoms with E-state index in [0.29, 0.717) is 48.6 Å². The van der Waals surface area contributed by atoms with Crippen LogP contribution in [0.15, 0.2) is 58.5 Å². The number of aliphatic hydroxyl groups excluding tert-OH is 1. The molecule has 1 fully saturated rings. The second kappa shape index (κ2) is 14.4. The lowest BCUT2D eigenvalue weighted by molar-refractivity contribution is -0.120. The van der Waals surface area contributed by atoms with Gasteiger partial charge in [0.2, 0.25) is 11.6 Å². The molecule has 1 heterocycles. The summed E-state index contributed by atoms with van der Waals surface area (Å²) < 4.78 is 10.9. The third kappa shape index (κ3) is 8.99. The van der Waals surface area contributed by atoms with Crippen molar-refractivity contribution in [2.75, 3.05) is 13.7 Å². The van der Waals surface area contributed by atoms with Gasteiger partial charge in [-0.05, 0) is 63.4 Å². The van der Waals surface area contributed by atoms with Crippen molar-refractivity contribution >= 4 is 23.6 Å². The number of ether oxygens (including phenoxy) is 2. The predicted octanol–water partition coefficient (Wildman–Crippen LogP) is 3.14. The number of hydrogen-bond acceptors (Lipinski definition) is 8. The Labute approximate surface area is 241 Å². The van der Waals surface area contributed by atoms with Gasteiger partial charge in [0.05, 0.1) is 17.5 Å². The van der Waals surface area contributed by atoms with E-state index in [0.717, 1.165) is 12.8 Å². The molecule has 1 saturated carbocycles. The maximum atomic E-state index is 13.5. The van der Waals surface area contributed by atoms with Crippen molar-refractivity contribution in [3.05, 3.63) is 58.5 Å². The van der Waals surface area contributed by atoms with Crippen LogP contribution in [0.25, 0.3) is 0 Å². The maximum absolute atomic E-state index is 13.5. The Balaban J connectivity index is 1.97. The van der Waals surface area contributed by atoms with Gasteiger partial charge in [-0.2, -0.15) is 0 Å². The van der Waals surface area contributed by atoms with Crippen LogP contribution >= 0.6 is 0 Å². The van der Waals surface area contributed by atoms with Crippen LogP contribution in [0.3, 0.4) is 0 Å². The predicted molar refractivity (Wildman–Crippen MR) is 154 cm³/mol. The first kappa shape index (κ1) is 32.0. The Morgan fingerprint density at radius 1 is 1.15 bits per heavy atom. The van der Waals surface area contributed by atoms with E-state index in [1.807, 2.05) is 19.9 Å². The van der Waals surface area contributed by atoms with Gasteiger partial charge < -0.3 is 30.9 Å². The highest BCUT2D eigenvalue weighted by atomic mass is 16.6. The second-order valence-corrected chi connectivity index (χ2v) is 11.4. The SMILES string of the molecule is CO[C@H]1/C=C\C=C(/C)C(=O)NC2=CC(=O)C(NCC3CC3)=C(C[C@@H](C)CC[C@H](O)[C@@H](C)/C=C(\C)[C@@H]1OC(N)=O)C2=O. The van der Waals surface area contributed by atoms with Crippen LogP contribution in [0.4, 0.5) is 4.79 Å². The number of allylic oxidation sites excluding steroid dienone is 4. The Morgan fingerprint density at radius 3 is 2.49 bits per heavy atom. The molecule has 2 aliphatic carbocycles. The third-order valence-corrected chi connectivity index (χ3v) is 7.76. The van der Waals surface area contributed by atoms with E-state index in [1.54, 1.807) is 26.0 Å². The van der Waals surface area contributed by atoms with E-state index in [9.17, 15) is 24.3 Å².